The van der Waals surface area contributed by atoms with E-state index in [2.05, 4.69) is 10.6 Å². The van der Waals surface area contributed by atoms with Gasteiger partial charge in [0.2, 0.25) is 5.91 Å². The Hall–Kier alpha value is -2.80. The van der Waals surface area contributed by atoms with Crippen molar-refractivity contribution in [3.05, 3.63) is 53.5 Å². The van der Waals surface area contributed by atoms with Crippen molar-refractivity contribution in [3.63, 3.8) is 0 Å². The van der Waals surface area contributed by atoms with Gasteiger partial charge in [-0.25, -0.2) is 0 Å². The minimum Gasteiger partial charge on any atom is -0.497 e. The molecule has 2 atom stereocenters. The quantitative estimate of drug-likeness (QED) is 0.709. The zero-order chi connectivity index (χ0) is 18.4. The number of aliphatic hydroxyl groups excluding tert-OH is 1. The molecule has 25 heavy (non-hydrogen) atoms. The van der Waals surface area contributed by atoms with Crippen molar-refractivity contribution in [2.75, 3.05) is 7.11 Å². The van der Waals surface area contributed by atoms with Crippen LogP contribution in [0.4, 0.5) is 0 Å². The Morgan fingerprint density at radius 2 is 1.88 bits per heavy atom. The van der Waals surface area contributed by atoms with Crippen LogP contribution in [0.1, 0.15) is 41.8 Å². The van der Waals surface area contributed by atoms with Crippen molar-refractivity contribution in [1.82, 2.24) is 10.6 Å². The number of carbonyl (C=O) groups excluding carboxylic acids is 2. The summed E-state index contributed by atoms with van der Waals surface area (Å²) >= 11 is 0. The Morgan fingerprint density at radius 1 is 1.20 bits per heavy atom. The number of furan rings is 1. The fourth-order valence-corrected chi connectivity index (χ4v) is 2.25. The normalized spacial score (nSPS) is 13.0. The lowest BCUT2D eigenvalue weighted by molar-refractivity contribution is -0.119. The van der Waals surface area contributed by atoms with Crippen LogP contribution < -0.4 is 15.4 Å². The first-order valence-corrected chi connectivity index (χ1v) is 7.86. The van der Waals surface area contributed by atoms with E-state index in [1.165, 1.54) is 13.0 Å². The number of hydrogen-bond acceptors (Lipinski definition) is 5. The first kappa shape index (κ1) is 18.5. The average molecular weight is 346 g/mol. The average Bonchev–Trinajstić information content (AvgIpc) is 3.08. The van der Waals surface area contributed by atoms with Crippen molar-refractivity contribution >= 4 is 11.8 Å². The molecule has 0 fully saturated rings. The molecule has 2 amide bonds. The highest BCUT2D eigenvalue weighted by molar-refractivity contribution is 5.91. The number of nitrogens with one attached hydrogen (secondary N) is 2. The number of hydrogen-bond donors (Lipinski definition) is 3. The van der Waals surface area contributed by atoms with Gasteiger partial charge in [0, 0.05) is 6.92 Å². The monoisotopic (exact) mass is 346 g/mol. The van der Waals surface area contributed by atoms with Crippen LogP contribution >= 0.6 is 0 Å². The molecule has 7 nitrogen and oxygen atoms in total. The molecular weight excluding hydrogens is 324 g/mol. The van der Waals surface area contributed by atoms with E-state index in [1.54, 1.807) is 44.4 Å². The number of ether oxygens (including phenoxy) is 1. The molecular formula is C18H22N2O5. The van der Waals surface area contributed by atoms with Crippen molar-refractivity contribution in [2.24, 2.45) is 0 Å². The highest BCUT2D eigenvalue weighted by Gasteiger charge is 2.21. The van der Waals surface area contributed by atoms with E-state index >= 15 is 0 Å². The predicted octanol–water partition coefficient (Wildman–Crippen LogP) is 1.78. The Bertz CT molecular complexity index is 723. The molecule has 1 aromatic carbocycles. The first-order chi connectivity index (χ1) is 11.9. The molecule has 3 N–H and O–H groups in total. The molecule has 0 saturated heterocycles. The van der Waals surface area contributed by atoms with E-state index in [-0.39, 0.29) is 18.2 Å². The third-order valence-corrected chi connectivity index (χ3v) is 3.69. The number of methoxy groups -OCH3 is 1. The summed E-state index contributed by atoms with van der Waals surface area (Å²) in [6.07, 6.45) is -0.872. The van der Waals surface area contributed by atoms with Gasteiger partial charge in [-0.1, -0.05) is 12.1 Å². The molecule has 7 heteroatoms. The highest BCUT2D eigenvalue weighted by atomic mass is 16.5. The molecule has 0 aliphatic rings. The van der Waals surface area contributed by atoms with E-state index in [1.807, 2.05) is 0 Å². The number of amides is 2. The standard InChI is InChI=1S/C18H22N2O5/c1-11(17(22)13-4-6-14(24-3)7-5-13)20-18(23)16-9-8-15(25-16)10-19-12(2)21/h4-9,11,17,22H,10H2,1-3H3,(H,19,21)(H,20,23). The molecule has 1 heterocycles. The minimum atomic E-state index is -0.872. The van der Waals surface area contributed by atoms with Crippen molar-refractivity contribution < 1.29 is 23.8 Å². The second-order valence-corrected chi connectivity index (χ2v) is 5.66. The SMILES string of the molecule is COc1ccc(C(O)C(C)NC(=O)c2ccc(CNC(C)=O)o2)cc1. The van der Waals surface area contributed by atoms with Gasteiger partial charge in [0.1, 0.15) is 11.5 Å². The highest BCUT2D eigenvalue weighted by Crippen LogP contribution is 2.20. The Balaban J connectivity index is 1.95. The van der Waals surface area contributed by atoms with Crippen LogP contribution in [0.2, 0.25) is 0 Å². The molecule has 0 bridgehead atoms. The van der Waals surface area contributed by atoms with Gasteiger partial charge in [-0.05, 0) is 36.8 Å². The molecule has 0 saturated carbocycles. The molecule has 134 valence electrons. The van der Waals surface area contributed by atoms with Gasteiger partial charge in [0.25, 0.3) is 5.91 Å². The Morgan fingerprint density at radius 3 is 2.48 bits per heavy atom. The number of rotatable bonds is 7. The van der Waals surface area contributed by atoms with Crippen LogP contribution in [-0.4, -0.2) is 30.1 Å². The van der Waals surface area contributed by atoms with Gasteiger partial charge in [0.05, 0.1) is 25.8 Å². The molecule has 0 aliphatic carbocycles. The molecule has 2 rings (SSSR count). The number of aliphatic hydroxyl groups is 1. The maximum absolute atomic E-state index is 12.2. The van der Waals surface area contributed by atoms with Crippen LogP contribution in [0.25, 0.3) is 0 Å². The van der Waals surface area contributed by atoms with Crippen LogP contribution in [-0.2, 0) is 11.3 Å². The molecule has 2 aromatic rings. The van der Waals surface area contributed by atoms with Crippen LogP contribution in [0, 0.1) is 0 Å². The molecule has 2 unspecified atom stereocenters. The maximum atomic E-state index is 12.2. The lowest BCUT2D eigenvalue weighted by atomic mass is 10.0. The summed E-state index contributed by atoms with van der Waals surface area (Å²) in [5, 5.41) is 15.7. The summed E-state index contributed by atoms with van der Waals surface area (Å²) in [5.74, 6) is 0.667. The maximum Gasteiger partial charge on any atom is 0.287 e. The summed E-state index contributed by atoms with van der Waals surface area (Å²) in [6.45, 7) is 3.32. The smallest absolute Gasteiger partial charge is 0.287 e. The van der Waals surface area contributed by atoms with Gasteiger partial charge in [-0.2, -0.15) is 0 Å². The van der Waals surface area contributed by atoms with Crippen molar-refractivity contribution in [1.29, 1.82) is 0 Å². The van der Waals surface area contributed by atoms with Crippen LogP contribution in [0.5, 0.6) is 5.75 Å². The van der Waals surface area contributed by atoms with Gasteiger partial charge in [0.15, 0.2) is 5.76 Å². The lowest BCUT2D eigenvalue weighted by Crippen LogP contribution is -2.36. The summed E-state index contributed by atoms with van der Waals surface area (Å²) in [5.41, 5.74) is 0.666. The van der Waals surface area contributed by atoms with Crippen molar-refractivity contribution in [3.8, 4) is 5.75 Å². The molecule has 0 spiro atoms. The van der Waals surface area contributed by atoms with E-state index in [0.717, 1.165) is 0 Å². The van der Waals surface area contributed by atoms with E-state index in [9.17, 15) is 14.7 Å². The first-order valence-electron chi connectivity index (χ1n) is 7.86. The van der Waals surface area contributed by atoms with E-state index in [0.29, 0.717) is 17.1 Å². The van der Waals surface area contributed by atoms with Crippen LogP contribution in [0.15, 0.2) is 40.8 Å². The van der Waals surface area contributed by atoms with Gasteiger partial charge in [-0.15, -0.1) is 0 Å². The zero-order valence-corrected chi connectivity index (χ0v) is 14.4. The number of carbonyl (C=O) groups is 2. The fraction of sp³-hybridized carbons (Fsp3) is 0.333. The van der Waals surface area contributed by atoms with Crippen molar-refractivity contribution in [2.45, 2.75) is 32.5 Å². The Labute approximate surface area is 146 Å². The summed E-state index contributed by atoms with van der Waals surface area (Å²) < 4.78 is 10.5. The third-order valence-electron chi connectivity index (χ3n) is 3.69. The predicted molar refractivity (Wildman–Crippen MR) is 91.1 cm³/mol. The second-order valence-electron chi connectivity index (χ2n) is 5.66. The summed E-state index contributed by atoms with van der Waals surface area (Å²) in [7, 11) is 1.57. The van der Waals surface area contributed by atoms with Gasteiger partial charge >= 0.3 is 0 Å². The van der Waals surface area contributed by atoms with Crippen LogP contribution in [0.3, 0.4) is 0 Å². The van der Waals surface area contributed by atoms with Gasteiger partial charge < -0.3 is 24.9 Å². The molecule has 1 aromatic heterocycles. The number of benzene rings is 1. The third kappa shape index (κ3) is 5.09. The van der Waals surface area contributed by atoms with Gasteiger partial charge in [-0.3, -0.25) is 9.59 Å². The second kappa shape index (κ2) is 8.34. The summed E-state index contributed by atoms with van der Waals surface area (Å²) in [4.78, 5) is 23.1. The summed E-state index contributed by atoms with van der Waals surface area (Å²) in [6, 6.07) is 9.59. The molecule has 0 radical (unpaired) electrons. The fourth-order valence-electron chi connectivity index (χ4n) is 2.25. The lowest BCUT2D eigenvalue weighted by Gasteiger charge is -2.20. The minimum absolute atomic E-state index is 0.120. The largest absolute Gasteiger partial charge is 0.497 e. The van der Waals surface area contributed by atoms with E-state index in [4.69, 9.17) is 9.15 Å². The Kier molecular flexibility index (Phi) is 6.19. The molecule has 0 aliphatic heterocycles. The topological polar surface area (TPSA) is 101 Å². The van der Waals surface area contributed by atoms with E-state index < -0.39 is 18.1 Å². The zero-order valence-electron chi connectivity index (χ0n) is 14.4.